The lowest BCUT2D eigenvalue weighted by Crippen LogP contribution is -2.35. The first-order valence-electron chi connectivity index (χ1n) is 12.4. The number of nitrogens with one attached hydrogen (secondary N) is 2. The average Bonchev–Trinajstić information content (AvgIpc) is 2.78. The molecule has 34 heavy (non-hydrogen) atoms. The first-order valence-corrected chi connectivity index (χ1v) is 12.4. The minimum absolute atomic E-state index is 0.130. The summed E-state index contributed by atoms with van der Waals surface area (Å²) in [5, 5.41) is 16.1. The van der Waals surface area contributed by atoms with Gasteiger partial charge in [0.2, 0.25) is 0 Å². The van der Waals surface area contributed by atoms with Gasteiger partial charge in [0.05, 0.1) is 11.8 Å². The summed E-state index contributed by atoms with van der Waals surface area (Å²) in [5.74, 6) is 1.35. The topological polar surface area (TPSA) is 109 Å². The van der Waals surface area contributed by atoms with Crippen molar-refractivity contribution in [3.63, 3.8) is 0 Å². The van der Waals surface area contributed by atoms with Gasteiger partial charge in [0.25, 0.3) is 0 Å². The van der Waals surface area contributed by atoms with Gasteiger partial charge in [0, 0.05) is 36.7 Å². The molecule has 4 rings (SSSR count). The molecule has 2 aromatic heterocycles. The standard InChI is InChI=1S/C26H37N5O3/c1-26(2,3)22-15-23(29-16-28-22)31-21(25(32)33)10-12-34-20-13-17(14-20)6-8-19-9-7-18-5-4-11-27-24(18)30-19/h7,9,15-17,20-21H,4-6,8,10-14H2,1-3H3,(H,27,30)(H,32,33)(H,28,29,31)/t17-,20-,21?. The number of hydrogen-bond acceptors (Lipinski definition) is 7. The lowest BCUT2D eigenvalue weighted by molar-refractivity contribution is -0.138. The number of pyridine rings is 1. The van der Waals surface area contributed by atoms with Crippen LogP contribution in [0.25, 0.3) is 0 Å². The molecule has 1 saturated carbocycles. The Morgan fingerprint density at radius 3 is 2.88 bits per heavy atom. The van der Waals surface area contributed by atoms with E-state index in [9.17, 15) is 9.90 Å². The molecule has 1 unspecified atom stereocenters. The Labute approximate surface area is 202 Å². The molecule has 8 nitrogen and oxygen atoms in total. The molecule has 2 aromatic rings. The molecular formula is C26H37N5O3. The van der Waals surface area contributed by atoms with Gasteiger partial charge in [-0.2, -0.15) is 0 Å². The predicted octanol–water partition coefficient (Wildman–Crippen LogP) is 4.21. The van der Waals surface area contributed by atoms with Crippen molar-refractivity contribution in [3.8, 4) is 0 Å². The fourth-order valence-corrected chi connectivity index (χ4v) is 4.54. The van der Waals surface area contributed by atoms with E-state index in [2.05, 4.69) is 53.5 Å². The van der Waals surface area contributed by atoms with E-state index < -0.39 is 12.0 Å². The summed E-state index contributed by atoms with van der Waals surface area (Å²) in [5.41, 5.74) is 3.23. The lowest BCUT2D eigenvalue weighted by Gasteiger charge is -2.35. The molecule has 3 heterocycles. The third-order valence-electron chi connectivity index (χ3n) is 6.77. The molecule has 3 N–H and O–H groups in total. The maximum atomic E-state index is 11.7. The van der Waals surface area contributed by atoms with E-state index in [0.29, 0.717) is 24.8 Å². The summed E-state index contributed by atoms with van der Waals surface area (Å²) in [6.45, 7) is 7.62. The van der Waals surface area contributed by atoms with Crippen LogP contribution in [-0.2, 0) is 27.8 Å². The maximum absolute atomic E-state index is 11.7. The van der Waals surface area contributed by atoms with Crippen molar-refractivity contribution < 1.29 is 14.6 Å². The average molecular weight is 468 g/mol. The highest BCUT2D eigenvalue weighted by atomic mass is 16.5. The van der Waals surface area contributed by atoms with Gasteiger partial charge in [-0.1, -0.05) is 26.8 Å². The van der Waals surface area contributed by atoms with Crippen LogP contribution in [0.1, 0.15) is 69.8 Å². The van der Waals surface area contributed by atoms with Crippen molar-refractivity contribution in [2.75, 3.05) is 23.8 Å². The Hall–Kier alpha value is -2.74. The fraction of sp³-hybridized carbons (Fsp3) is 0.615. The van der Waals surface area contributed by atoms with Crippen LogP contribution in [0.3, 0.4) is 0 Å². The molecule has 0 amide bonds. The van der Waals surface area contributed by atoms with E-state index in [4.69, 9.17) is 9.72 Å². The van der Waals surface area contributed by atoms with Crippen LogP contribution in [0.15, 0.2) is 24.5 Å². The summed E-state index contributed by atoms with van der Waals surface area (Å²) < 4.78 is 5.97. The van der Waals surface area contributed by atoms with Gasteiger partial charge in [-0.05, 0) is 56.1 Å². The monoisotopic (exact) mass is 467 g/mol. The van der Waals surface area contributed by atoms with E-state index in [1.54, 1.807) is 0 Å². The number of carbonyl (C=O) groups is 1. The second-order valence-corrected chi connectivity index (χ2v) is 10.6. The second-order valence-electron chi connectivity index (χ2n) is 10.6. The number of aromatic nitrogens is 3. The number of anilines is 2. The van der Waals surface area contributed by atoms with Gasteiger partial charge in [0.1, 0.15) is 24.0 Å². The summed E-state index contributed by atoms with van der Waals surface area (Å²) in [4.78, 5) is 25.0. The number of nitrogens with zero attached hydrogens (tertiary/aromatic N) is 3. The molecule has 0 spiro atoms. The number of carboxylic acid groups (broad SMARTS) is 1. The summed E-state index contributed by atoms with van der Waals surface area (Å²) >= 11 is 0. The molecule has 1 aliphatic heterocycles. The van der Waals surface area contributed by atoms with Crippen LogP contribution in [0, 0.1) is 5.92 Å². The second kappa shape index (κ2) is 10.7. The van der Waals surface area contributed by atoms with Gasteiger partial charge in [-0.15, -0.1) is 0 Å². The zero-order valence-electron chi connectivity index (χ0n) is 20.5. The maximum Gasteiger partial charge on any atom is 0.326 e. The minimum atomic E-state index is -0.905. The number of aliphatic carboxylic acids is 1. The van der Waals surface area contributed by atoms with Crippen molar-refractivity contribution in [2.24, 2.45) is 5.92 Å². The Morgan fingerprint density at radius 2 is 2.12 bits per heavy atom. The fourth-order valence-electron chi connectivity index (χ4n) is 4.54. The minimum Gasteiger partial charge on any atom is -0.480 e. The molecule has 1 aliphatic carbocycles. The largest absolute Gasteiger partial charge is 0.480 e. The normalized spacial score (nSPS) is 20.6. The Morgan fingerprint density at radius 1 is 1.29 bits per heavy atom. The summed E-state index contributed by atoms with van der Waals surface area (Å²) in [6.07, 6.45) is 8.57. The molecule has 0 radical (unpaired) electrons. The SMILES string of the molecule is CC(C)(C)c1cc(NC(CCO[C@H]2C[C@H](CCc3ccc4c(n3)NCCC4)C2)C(=O)O)ncn1. The zero-order chi connectivity index (χ0) is 24.1. The van der Waals surface area contributed by atoms with E-state index in [1.807, 2.05) is 6.07 Å². The van der Waals surface area contributed by atoms with Crippen molar-refractivity contribution >= 4 is 17.6 Å². The number of ether oxygens (including phenoxy) is 1. The first kappa shape index (κ1) is 24.4. The van der Waals surface area contributed by atoms with Crippen LogP contribution < -0.4 is 10.6 Å². The number of rotatable bonds is 10. The Balaban J connectivity index is 1.16. The number of carboxylic acids is 1. The van der Waals surface area contributed by atoms with Gasteiger partial charge < -0.3 is 20.5 Å². The highest BCUT2D eigenvalue weighted by Gasteiger charge is 2.30. The summed E-state index contributed by atoms with van der Waals surface area (Å²) in [7, 11) is 0. The van der Waals surface area contributed by atoms with Crippen molar-refractivity contribution in [1.82, 2.24) is 15.0 Å². The van der Waals surface area contributed by atoms with E-state index >= 15 is 0 Å². The molecule has 1 atom stereocenters. The van der Waals surface area contributed by atoms with Crippen LogP contribution in [0.2, 0.25) is 0 Å². The molecule has 0 saturated heterocycles. The molecule has 184 valence electrons. The highest BCUT2D eigenvalue weighted by molar-refractivity contribution is 5.76. The number of aryl methyl sites for hydroxylation is 2. The lowest BCUT2D eigenvalue weighted by atomic mass is 9.79. The van der Waals surface area contributed by atoms with Crippen LogP contribution in [0.4, 0.5) is 11.6 Å². The molecule has 0 bridgehead atoms. The van der Waals surface area contributed by atoms with Crippen LogP contribution >= 0.6 is 0 Å². The first-order chi connectivity index (χ1) is 16.3. The van der Waals surface area contributed by atoms with Crippen molar-refractivity contribution in [3.05, 3.63) is 41.5 Å². The van der Waals surface area contributed by atoms with Gasteiger partial charge in [0.15, 0.2) is 0 Å². The Kier molecular flexibility index (Phi) is 7.66. The van der Waals surface area contributed by atoms with E-state index in [1.165, 1.54) is 18.3 Å². The third kappa shape index (κ3) is 6.44. The highest BCUT2D eigenvalue weighted by Crippen LogP contribution is 2.34. The van der Waals surface area contributed by atoms with Gasteiger partial charge in [-0.3, -0.25) is 0 Å². The molecule has 1 fully saturated rings. The zero-order valence-corrected chi connectivity index (χ0v) is 20.5. The van der Waals surface area contributed by atoms with E-state index in [-0.39, 0.29) is 11.5 Å². The molecule has 2 aliphatic rings. The van der Waals surface area contributed by atoms with Crippen molar-refractivity contribution in [2.45, 2.75) is 83.3 Å². The van der Waals surface area contributed by atoms with Crippen LogP contribution in [0.5, 0.6) is 0 Å². The van der Waals surface area contributed by atoms with Crippen LogP contribution in [-0.4, -0.2) is 51.3 Å². The molecule has 8 heteroatoms. The quantitative estimate of drug-likeness (QED) is 0.477. The summed E-state index contributed by atoms with van der Waals surface area (Å²) in [6, 6.07) is 5.46. The molecule has 0 aromatic carbocycles. The Bertz CT molecular complexity index is 985. The van der Waals surface area contributed by atoms with Crippen molar-refractivity contribution in [1.29, 1.82) is 0 Å². The van der Waals surface area contributed by atoms with E-state index in [0.717, 1.165) is 55.9 Å². The molecular weight excluding hydrogens is 430 g/mol. The predicted molar refractivity (Wildman–Crippen MR) is 132 cm³/mol. The van der Waals surface area contributed by atoms with Gasteiger partial charge >= 0.3 is 5.97 Å². The number of hydrogen-bond donors (Lipinski definition) is 3. The smallest absolute Gasteiger partial charge is 0.326 e. The number of fused-ring (bicyclic) bond motifs is 1. The van der Waals surface area contributed by atoms with Gasteiger partial charge in [-0.25, -0.2) is 19.7 Å². The third-order valence-corrected chi connectivity index (χ3v) is 6.77.